The molecule has 1 amide bonds. The van der Waals surface area contributed by atoms with Gasteiger partial charge in [0.25, 0.3) is 0 Å². The number of nitrogens with zero attached hydrogens (tertiary/aromatic N) is 1. The van der Waals surface area contributed by atoms with Crippen molar-refractivity contribution in [3.8, 4) is 5.75 Å². The molecule has 0 spiro atoms. The Labute approximate surface area is 212 Å². The van der Waals surface area contributed by atoms with E-state index >= 15 is 0 Å². The summed E-state index contributed by atoms with van der Waals surface area (Å²) in [6.07, 6.45) is 3.04. The van der Waals surface area contributed by atoms with Gasteiger partial charge in [-0.2, -0.15) is 0 Å². The number of hydrogen-bond donors (Lipinski definition) is 0. The molecule has 0 saturated carbocycles. The number of rotatable bonds is 6. The Kier molecular flexibility index (Phi) is 9.62. The molecule has 0 aliphatic heterocycles. The van der Waals surface area contributed by atoms with Crippen LogP contribution in [0.5, 0.6) is 5.75 Å². The third-order valence-electron chi connectivity index (χ3n) is 5.24. The minimum atomic E-state index is -1.26. The van der Waals surface area contributed by atoms with Crippen molar-refractivity contribution in [2.75, 3.05) is 6.61 Å². The fraction of sp³-hybridized carbons (Fsp3) is 0.440. The minimum absolute atomic E-state index is 0. The molecule has 7 heteroatoms. The molecule has 2 aromatic carbocycles. The Morgan fingerprint density at radius 2 is 1.81 bits per heavy atom. The molecule has 0 radical (unpaired) electrons. The zero-order valence-corrected chi connectivity index (χ0v) is 21.4. The molecule has 32 heavy (non-hydrogen) atoms. The molecule has 0 heterocycles. The van der Waals surface area contributed by atoms with Crippen LogP contribution in [0.2, 0.25) is 0 Å². The molecule has 166 valence electrons. The van der Waals surface area contributed by atoms with Crippen molar-refractivity contribution < 1.29 is 53.7 Å². The van der Waals surface area contributed by atoms with E-state index in [1.165, 1.54) is 5.56 Å². The molecule has 6 nitrogen and oxygen atoms in total. The zero-order chi connectivity index (χ0) is 22.4. The largest absolute Gasteiger partial charge is 1.00 e. The van der Waals surface area contributed by atoms with Gasteiger partial charge in [0.1, 0.15) is 18.0 Å². The minimum Gasteiger partial charge on any atom is -0.546 e. The molecule has 1 aliphatic carbocycles. The summed E-state index contributed by atoms with van der Waals surface area (Å²) in [7, 11) is 0. The van der Waals surface area contributed by atoms with Crippen molar-refractivity contribution in [2.45, 2.75) is 64.6 Å². The Hall–Kier alpha value is -2.02. The van der Waals surface area contributed by atoms with Gasteiger partial charge in [-0.15, -0.1) is 0 Å². The fourth-order valence-electron chi connectivity index (χ4n) is 3.86. The molecule has 1 aliphatic rings. The number of carboxylic acids is 1. The van der Waals surface area contributed by atoms with E-state index in [0.29, 0.717) is 18.7 Å². The van der Waals surface area contributed by atoms with Crippen LogP contribution in [0, 0.1) is 0 Å². The van der Waals surface area contributed by atoms with Crippen molar-refractivity contribution >= 4 is 12.1 Å². The summed E-state index contributed by atoms with van der Waals surface area (Å²) >= 11 is 0. The third-order valence-corrected chi connectivity index (χ3v) is 5.24. The van der Waals surface area contributed by atoms with Gasteiger partial charge in [0.05, 0.1) is 5.97 Å². The number of carbonyl (C=O) groups is 2. The molecule has 0 saturated heterocycles. The number of ether oxygens (including phenoxy) is 2. The average molecular weight is 448 g/mol. The molecule has 0 fully saturated rings. The van der Waals surface area contributed by atoms with Gasteiger partial charge in [-0.25, -0.2) is 4.79 Å². The van der Waals surface area contributed by atoms with Crippen LogP contribution in [0.3, 0.4) is 0 Å². The summed E-state index contributed by atoms with van der Waals surface area (Å²) in [4.78, 5) is 25.7. The van der Waals surface area contributed by atoms with Gasteiger partial charge >= 0.3 is 35.7 Å². The summed E-state index contributed by atoms with van der Waals surface area (Å²) in [5.41, 5.74) is 2.73. The van der Waals surface area contributed by atoms with Crippen molar-refractivity contribution in [3.05, 3.63) is 65.2 Å². The van der Waals surface area contributed by atoms with Crippen LogP contribution in [0.25, 0.3) is 0 Å². The maximum atomic E-state index is 13.1. The van der Waals surface area contributed by atoms with E-state index in [9.17, 15) is 14.7 Å². The molecule has 0 N–H and O–H groups in total. The van der Waals surface area contributed by atoms with Gasteiger partial charge in [0.2, 0.25) is 0 Å². The molecule has 3 rings (SSSR count). The SMILES string of the molecule is CC(C)(C)OC(=O)N(Cc1ccccc1)C1CCCc2ccc(OCC(=O)[O-])cc2C1.[Na+]. The number of hydrogen-bond acceptors (Lipinski definition) is 5. The van der Waals surface area contributed by atoms with Gasteiger partial charge in [-0.05, 0) is 75.3 Å². The van der Waals surface area contributed by atoms with Gasteiger partial charge in [0.15, 0.2) is 0 Å². The molecular weight excluding hydrogens is 417 g/mol. The van der Waals surface area contributed by atoms with E-state index in [2.05, 4.69) is 0 Å². The number of carboxylic acid groups (broad SMARTS) is 1. The van der Waals surface area contributed by atoms with Crippen LogP contribution in [-0.2, 0) is 28.9 Å². The maximum Gasteiger partial charge on any atom is 1.00 e. The van der Waals surface area contributed by atoms with Crippen LogP contribution < -0.4 is 39.4 Å². The summed E-state index contributed by atoms with van der Waals surface area (Å²) < 4.78 is 11.0. The number of aliphatic carboxylic acids is 1. The molecule has 0 aromatic heterocycles. The van der Waals surface area contributed by atoms with E-state index in [4.69, 9.17) is 9.47 Å². The summed E-state index contributed by atoms with van der Waals surface area (Å²) in [5.74, 6) is -0.762. The van der Waals surface area contributed by atoms with E-state index in [1.54, 1.807) is 6.07 Å². The second kappa shape index (κ2) is 11.7. The van der Waals surface area contributed by atoms with Crippen molar-refractivity contribution in [1.82, 2.24) is 4.90 Å². The van der Waals surface area contributed by atoms with E-state index < -0.39 is 18.2 Å². The number of carbonyl (C=O) groups excluding carboxylic acids is 2. The fourth-order valence-corrected chi connectivity index (χ4v) is 3.86. The van der Waals surface area contributed by atoms with Crippen molar-refractivity contribution in [2.24, 2.45) is 0 Å². The van der Waals surface area contributed by atoms with Gasteiger partial charge in [-0.3, -0.25) is 0 Å². The Bertz CT molecular complexity index is 910. The first kappa shape index (κ1) is 26.2. The zero-order valence-electron chi connectivity index (χ0n) is 19.4. The summed E-state index contributed by atoms with van der Waals surface area (Å²) in [6, 6.07) is 15.5. The van der Waals surface area contributed by atoms with Crippen LogP contribution in [0.4, 0.5) is 4.79 Å². The maximum absolute atomic E-state index is 13.1. The number of fused-ring (bicyclic) bond motifs is 1. The summed E-state index contributed by atoms with van der Waals surface area (Å²) in [5, 5.41) is 10.7. The Morgan fingerprint density at radius 1 is 1.09 bits per heavy atom. The second-order valence-electron chi connectivity index (χ2n) is 8.94. The van der Waals surface area contributed by atoms with Gasteiger partial charge < -0.3 is 24.3 Å². The van der Waals surface area contributed by atoms with Crippen molar-refractivity contribution in [1.29, 1.82) is 0 Å². The predicted octanol–water partition coefficient (Wildman–Crippen LogP) is 0.504. The van der Waals surface area contributed by atoms with Crippen LogP contribution >= 0.6 is 0 Å². The third kappa shape index (κ3) is 7.84. The topological polar surface area (TPSA) is 78.9 Å². The van der Waals surface area contributed by atoms with E-state index in [1.807, 2.05) is 68.1 Å². The van der Waals surface area contributed by atoms with E-state index in [-0.39, 0.29) is 41.7 Å². The van der Waals surface area contributed by atoms with Gasteiger partial charge in [0, 0.05) is 12.6 Å². The normalized spacial score (nSPS) is 15.5. The number of aryl methyl sites for hydroxylation is 1. The van der Waals surface area contributed by atoms with Crippen LogP contribution in [-0.4, -0.2) is 35.2 Å². The summed E-state index contributed by atoms with van der Waals surface area (Å²) in [6.45, 7) is 5.59. The Balaban J connectivity index is 0.00000363. The van der Waals surface area contributed by atoms with E-state index in [0.717, 1.165) is 30.4 Å². The number of amides is 1. The second-order valence-corrected chi connectivity index (χ2v) is 8.94. The van der Waals surface area contributed by atoms with Crippen LogP contribution in [0.15, 0.2) is 48.5 Å². The first-order valence-corrected chi connectivity index (χ1v) is 10.7. The molecular formula is C25H30NNaO5. The van der Waals surface area contributed by atoms with Crippen LogP contribution in [0.1, 0.15) is 50.3 Å². The Morgan fingerprint density at radius 3 is 2.47 bits per heavy atom. The monoisotopic (exact) mass is 447 g/mol. The average Bonchev–Trinajstić information content (AvgIpc) is 2.91. The predicted molar refractivity (Wildman–Crippen MR) is 116 cm³/mol. The smallest absolute Gasteiger partial charge is 0.546 e. The van der Waals surface area contributed by atoms with Crippen molar-refractivity contribution in [3.63, 3.8) is 0 Å². The molecule has 1 atom stereocenters. The molecule has 1 unspecified atom stereocenters. The molecule has 0 bridgehead atoms. The number of benzene rings is 2. The quantitative estimate of drug-likeness (QED) is 0.476. The first-order valence-electron chi connectivity index (χ1n) is 10.7. The molecule has 2 aromatic rings. The standard InChI is InChI=1S/C25H31NO5.Na/c1-25(2,3)31-24(29)26(16-18-8-5-4-6-9-18)21-11-7-10-19-12-13-22(15-20(19)14-21)30-17-23(27)28;/h4-6,8-9,12-13,15,21H,7,10-11,14,16-17H2,1-3H3,(H,27,28);/q;+1/p-1. The van der Waals surface area contributed by atoms with Gasteiger partial charge in [-0.1, -0.05) is 36.4 Å². The first-order chi connectivity index (χ1) is 14.7.